The topological polar surface area (TPSA) is 95.5 Å². The normalized spacial score (nSPS) is 25.5. The minimum Gasteiger partial charge on any atom is -0.497 e. The number of anilines is 1. The van der Waals surface area contributed by atoms with Crippen molar-refractivity contribution < 1.29 is 33.6 Å². The smallest absolute Gasteiger partial charge is 0.331 e. The summed E-state index contributed by atoms with van der Waals surface area (Å²) in [6.07, 6.45) is 4.62. The first-order valence-electron chi connectivity index (χ1n) is 16.6. The predicted octanol–water partition coefficient (Wildman–Crippen LogP) is 6.98. The van der Waals surface area contributed by atoms with Gasteiger partial charge in [0.25, 0.3) is 0 Å². The minimum atomic E-state index is -0.856. The number of hydrogen-bond acceptors (Lipinski definition) is 8. The molecule has 0 amide bonds. The molecule has 9 heteroatoms. The summed E-state index contributed by atoms with van der Waals surface area (Å²) in [6, 6.07) is 19.7. The molecule has 8 nitrogen and oxygen atoms in total. The van der Waals surface area contributed by atoms with E-state index >= 15 is 0 Å². The Kier molecular flexibility index (Phi) is 10.2. The molecular weight excluding hydrogens is 618 g/mol. The summed E-state index contributed by atoms with van der Waals surface area (Å²) in [4.78, 5) is 13.4. The Morgan fingerprint density at radius 3 is 2.40 bits per heavy atom. The van der Waals surface area contributed by atoms with Crippen molar-refractivity contribution >= 4 is 23.3 Å². The molecule has 0 radical (unpaired) electrons. The summed E-state index contributed by atoms with van der Waals surface area (Å²) in [5.74, 6) is 2.69. The van der Waals surface area contributed by atoms with Gasteiger partial charge in [-0.2, -0.15) is 0 Å². The van der Waals surface area contributed by atoms with Crippen molar-refractivity contribution in [3.05, 3.63) is 82.4 Å². The SMILES string of the molecule is COC(=O)C1(Nc2cccc(Cl)c2)CCC2(CC1)c1cc3c(cc1C[C@@H]2C[C@@H](C)CO)OCC(COCc1ccc(OC)cc1)CO3. The van der Waals surface area contributed by atoms with Crippen LogP contribution in [0.15, 0.2) is 60.7 Å². The van der Waals surface area contributed by atoms with Crippen molar-refractivity contribution in [2.75, 3.05) is 46.0 Å². The van der Waals surface area contributed by atoms with E-state index in [4.69, 9.17) is 35.3 Å². The van der Waals surface area contributed by atoms with Gasteiger partial charge in [-0.1, -0.05) is 36.7 Å². The third-order valence-electron chi connectivity index (χ3n) is 10.5. The molecule has 47 heavy (non-hydrogen) atoms. The lowest BCUT2D eigenvalue weighted by Gasteiger charge is -2.47. The first-order chi connectivity index (χ1) is 22.8. The molecular formula is C38H46ClNO7. The second kappa shape index (κ2) is 14.3. The van der Waals surface area contributed by atoms with Crippen molar-refractivity contribution in [2.24, 2.45) is 17.8 Å². The van der Waals surface area contributed by atoms with Crippen LogP contribution in [0.4, 0.5) is 5.69 Å². The molecule has 3 atom stereocenters. The number of ether oxygens (including phenoxy) is 5. The Balaban J connectivity index is 1.19. The van der Waals surface area contributed by atoms with Crippen molar-refractivity contribution in [3.8, 4) is 17.2 Å². The zero-order valence-electron chi connectivity index (χ0n) is 27.6. The quantitative estimate of drug-likeness (QED) is 0.212. The van der Waals surface area contributed by atoms with Crippen LogP contribution < -0.4 is 19.5 Å². The highest BCUT2D eigenvalue weighted by molar-refractivity contribution is 6.30. The van der Waals surface area contributed by atoms with Crippen molar-refractivity contribution in [1.29, 1.82) is 0 Å². The zero-order valence-corrected chi connectivity index (χ0v) is 28.3. The summed E-state index contributed by atoms with van der Waals surface area (Å²) >= 11 is 6.29. The van der Waals surface area contributed by atoms with Gasteiger partial charge in [0.2, 0.25) is 0 Å². The van der Waals surface area contributed by atoms with Crippen LogP contribution in [0, 0.1) is 17.8 Å². The molecule has 3 aromatic carbocycles. The average molecular weight is 664 g/mol. The monoisotopic (exact) mass is 663 g/mol. The van der Waals surface area contributed by atoms with E-state index in [1.165, 1.54) is 18.2 Å². The Morgan fingerprint density at radius 1 is 1.02 bits per heavy atom. The van der Waals surface area contributed by atoms with Crippen LogP contribution >= 0.6 is 11.6 Å². The van der Waals surface area contributed by atoms with E-state index in [0.29, 0.717) is 50.2 Å². The largest absolute Gasteiger partial charge is 0.497 e. The molecule has 3 aliphatic rings. The molecule has 0 aromatic heterocycles. The maximum atomic E-state index is 13.4. The fourth-order valence-electron chi connectivity index (χ4n) is 7.85. The minimum absolute atomic E-state index is 0.0931. The van der Waals surface area contributed by atoms with Gasteiger partial charge in [0.05, 0.1) is 46.6 Å². The molecule has 1 aliphatic heterocycles. The van der Waals surface area contributed by atoms with E-state index in [2.05, 4.69) is 24.4 Å². The van der Waals surface area contributed by atoms with Crippen LogP contribution in [0.5, 0.6) is 17.2 Å². The maximum absolute atomic E-state index is 13.4. The van der Waals surface area contributed by atoms with Crippen LogP contribution in [0.2, 0.25) is 5.02 Å². The molecule has 1 unspecified atom stereocenters. The fourth-order valence-corrected chi connectivity index (χ4v) is 8.04. The van der Waals surface area contributed by atoms with Crippen LogP contribution in [0.25, 0.3) is 0 Å². The molecule has 0 saturated heterocycles. The lowest BCUT2D eigenvalue weighted by Crippen LogP contribution is -2.53. The van der Waals surface area contributed by atoms with Crippen molar-refractivity contribution in [1.82, 2.24) is 0 Å². The Bertz CT molecular complexity index is 1540. The first-order valence-corrected chi connectivity index (χ1v) is 17.0. The Hall–Kier alpha value is -3.46. The summed E-state index contributed by atoms with van der Waals surface area (Å²) in [5.41, 5.74) is 3.43. The number of hydrogen-bond donors (Lipinski definition) is 2. The average Bonchev–Trinajstić information content (AvgIpc) is 3.21. The van der Waals surface area contributed by atoms with Crippen LogP contribution in [0.3, 0.4) is 0 Å². The second-order valence-corrected chi connectivity index (χ2v) is 14.0. The highest BCUT2D eigenvalue weighted by Gasteiger charge is 2.54. The van der Waals surface area contributed by atoms with Gasteiger partial charge in [-0.3, -0.25) is 0 Å². The van der Waals surface area contributed by atoms with Gasteiger partial charge in [-0.25, -0.2) is 4.79 Å². The van der Waals surface area contributed by atoms with Gasteiger partial charge in [-0.15, -0.1) is 0 Å². The van der Waals surface area contributed by atoms with E-state index in [1.54, 1.807) is 7.11 Å². The molecule has 0 bridgehead atoms. The Morgan fingerprint density at radius 2 is 1.74 bits per heavy atom. The lowest BCUT2D eigenvalue weighted by atomic mass is 9.59. The summed E-state index contributed by atoms with van der Waals surface area (Å²) in [7, 11) is 3.11. The van der Waals surface area contributed by atoms with Gasteiger partial charge in [0.15, 0.2) is 11.5 Å². The van der Waals surface area contributed by atoms with E-state index in [1.807, 2.05) is 48.5 Å². The van der Waals surface area contributed by atoms with Crippen molar-refractivity contribution in [3.63, 3.8) is 0 Å². The van der Waals surface area contributed by atoms with Gasteiger partial charge in [0.1, 0.15) is 11.3 Å². The van der Waals surface area contributed by atoms with E-state index in [-0.39, 0.29) is 29.8 Å². The van der Waals surface area contributed by atoms with Gasteiger partial charge in [-0.05, 0) is 115 Å². The number of carbonyl (C=O) groups excluding carboxylic acids is 1. The molecule has 2 aliphatic carbocycles. The molecule has 1 saturated carbocycles. The standard InChI is InChI=1S/C38H46ClNO7/c1-25(20-41)15-29-16-28-17-34-35(47-24-27(23-46-34)22-45-21-26-7-9-32(43-2)10-8-26)19-33(28)37(29)11-13-38(14-12-37,36(42)44-3)40-31-6-4-5-30(39)18-31/h4-10,17-19,25,27,29,40-41H,11-16,20-24H2,1-3H3/t25-,27?,29+,37?,38?/m1/s1. The predicted molar refractivity (Wildman–Crippen MR) is 182 cm³/mol. The number of aliphatic hydroxyl groups excluding tert-OH is 1. The van der Waals surface area contributed by atoms with Crippen LogP contribution in [0.1, 0.15) is 55.7 Å². The first kappa shape index (κ1) is 33.4. The van der Waals surface area contributed by atoms with E-state index in [9.17, 15) is 9.90 Å². The number of nitrogens with one attached hydrogen (secondary N) is 1. The van der Waals surface area contributed by atoms with E-state index in [0.717, 1.165) is 54.2 Å². The third-order valence-corrected chi connectivity index (χ3v) is 10.7. The second-order valence-electron chi connectivity index (χ2n) is 13.6. The summed E-state index contributed by atoms with van der Waals surface area (Å²) in [5, 5.41) is 14.1. The Labute approximate surface area is 282 Å². The highest BCUT2D eigenvalue weighted by atomic mass is 35.5. The fraction of sp³-hybridized carbons (Fsp3) is 0.500. The number of aliphatic hydroxyl groups is 1. The number of esters is 1. The molecule has 3 aromatic rings. The van der Waals surface area contributed by atoms with Crippen LogP contribution in [-0.4, -0.2) is 57.3 Å². The number of halogens is 1. The summed E-state index contributed by atoms with van der Waals surface area (Å²) in [6.45, 7) is 4.31. The van der Waals surface area contributed by atoms with Crippen LogP contribution in [-0.2, 0) is 32.7 Å². The number of rotatable bonds is 11. The third kappa shape index (κ3) is 7.06. The van der Waals surface area contributed by atoms with E-state index < -0.39 is 5.54 Å². The molecule has 6 rings (SSSR count). The zero-order chi connectivity index (χ0) is 33.0. The molecule has 1 heterocycles. The van der Waals surface area contributed by atoms with Crippen molar-refractivity contribution in [2.45, 2.75) is 63.0 Å². The molecule has 1 fully saturated rings. The highest BCUT2D eigenvalue weighted by Crippen LogP contribution is 2.58. The number of methoxy groups -OCH3 is 2. The lowest BCUT2D eigenvalue weighted by molar-refractivity contribution is -0.148. The molecule has 252 valence electrons. The number of benzene rings is 3. The number of fused-ring (bicyclic) bond motifs is 3. The molecule has 1 spiro atoms. The van der Waals surface area contributed by atoms with Gasteiger partial charge < -0.3 is 34.1 Å². The van der Waals surface area contributed by atoms with Gasteiger partial charge >= 0.3 is 5.97 Å². The van der Waals surface area contributed by atoms with Gasteiger partial charge in [0, 0.05) is 17.3 Å². The molecule has 2 N–H and O–H groups in total. The summed E-state index contributed by atoms with van der Waals surface area (Å²) < 4.78 is 29.4. The number of carbonyl (C=O) groups is 1. The maximum Gasteiger partial charge on any atom is 0.331 e.